The first-order valence-corrected chi connectivity index (χ1v) is 7.32. The van der Waals surface area contributed by atoms with Crippen LogP contribution in [0.15, 0.2) is 24.3 Å². The van der Waals surface area contributed by atoms with E-state index in [9.17, 15) is 9.59 Å². The van der Waals surface area contributed by atoms with E-state index in [0.717, 1.165) is 12.0 Å². The Morgan fingerprint density at radius 2 is 2.00 bits per heavy atom. The van der Waals surface area contributed by atoms with Gasteiger partial charge in [0.1, 0.15) is 0 Å². The number of carbonyl (C=O) groups is 2. The molecule has 0 radical (unpaired) electrons. The monoisotopic (exact) mass is 292 g/mol. The van der Waals surface area contributed by atoms with E-state index in [1.165, 1.54) is 0 Å². The highest BCUT2D eigenvalue weighted by Gasteiger charge is 2.06. The number of carbonyl (C=O) groups excluding carboxylic acids is 2. The highest BCUT2D eigenvalue weighted by Crippen LogP contribution is 2.03. The van der Waals surface area contributed by atoms with Crippen molar-refractivity contribution >= 4 is 11.8 Å². The van der Waals surface area contributed by atoms with Crippen LogP contribution in [0.5, 0.6) is 0 Å². The van der Waals surface area contributed by atoms with Crippen molar-refractivity contribution in [3.8, 4) is 0 Å². The summed E-state index contributed by atoms with van der Waals surface area (Å²) in [4.78, 5) is 23.4. The first-order chi connectivity index (χ1) is 10.1. The summed E-state index contributed by atoms with van der Waals surface area (Å²) in [5.74, 6) is -0.209. The van der Waals surface area contributed by atoms with E-state index in [-0.39, 0.29) is 18.2 Å². The normalized spacial score (nSPS) is 10.2. The molecule has 0 aliphatic rings. The Bertz CT molecular complexity index is 461. The first-order valence-electron chi connectivity index (χ1n) is 7.32. The van der Waals surface area contributed by atoms with Crippen molar-refractivity contribution in [3.63, 3.8) is 0 Å². The van der Waals surface area contributed by atoms with Crippen LogP contribution in [0.3, 0.4) is 0 Å². The third-order valence-electron chi connectivity index (χ3n) is 2.91. The van der Waals surface area contributed by atoms with Gasteiger partial charge < -0.3 is 15.4 Å². The molecule has 0 saturated carbocycles. The Labute approximate surface area is 126 Å². The molecule has 5 heteroatoms. The Hall–Kier alpha value is -1.88. The molecule has 1 aromatic rings. The predicted molar refractivity (Wildman–Crippen MR) is 82.2 cm³/mol. The predicted octanol–water partition coefficient (Wildman–Crippen LogP) is 1.66. The number of amides is 2. The molecule has 0 atom stereocenters. The fourth-order valence-corrected chi connectivity index (χ4v) is 1.81. The summed E-state index contributed by atoms with van der Waals surface area (Å²) < 4.78 is 5.18. The molecule has 0 saturated heterocycles. The van der Waals surface area contributed by atoms with Crippen molar-refractivity contribution in [3.05, 3.63) is 35.4 Å². The van der Waals surface area contributed by atoms with Crippen molar-refractivity contribution in [1.29, 1.82) is 0 Å². The van der Waals surface area contributed by atoms with E-state index in [4.69, 9.17) is 4.74 Å². The summed E-state index contributed by atoms with van der Waals surface area (Å²) in [6, 6.07) is 7.36. The van der Waals surface area contributed by atoms with Crippen molar-refractivity contribution in [2.45, 2.75) is 26.7 Å². The highest BCUT2D eigenvalue weighted by molar-refractivity contribution is 5.94. The summed E-state index contributed by atoms with van der Waals surface area (Å²) in [5.41, 5.74) is 1.65. The minimum Gasteiger partial charge on any atom is -0.382 e. The molecule has 1 rings (SSSR count). The smallest absolute Gasteiger partial charge is 0.251 e. The van der Waals surface area contributed by atoms with E-state index < -0.39 is 0 Å². The van der Waals surface area contributed by atoms with Crippen LogP contribution in [-0.2, 0) is 9.53 Å². The molecule has 0 spiro atoms. The number of hydrogen-bond acceptors (Lipinski definition) is 3. The minimum absolute atomic E-state index is 0.0592. The van der Waals surface area contributed by atoms with Gasteiger partial charge in [0.05, 0.1) is 0 Å². The lowest BCUT2D eigenvalue weighted by molar-refractivity contribution is -0.120. The van der Waals surface area contributed by atoms with Crippen molar-refractivity contribution in [2.24, 2.45) is 0 Å². The fraction of sp³-hybridized carbons (Fsp3) is 0.500. The van der Waals surface area contributed by atoms with Crippen molar-refractivity contribution < 1.29 is 14.3 Å². The number of nitrogens with one attached hydrogen (secondary N) is 2. The summed E-state index contributed by atoms with van der Waals surface area (Å²) in [7, 11) is 0. The molecule has 0 aliphatic heterocycles. The lowest BCUT2D eigenvalue weighted by Gasteiger charge is -2.07. The van der Waals surface area contributed by atoms with Gasteiger partial charge in [-0.3, -0.25) is 9.59 Å². The van der Waals surface area contributed by atoms with Gasteiger partial charge in [0.2, 0.25) is 5.91 Å². The summed E-state index contributed by atoms with van der Waals surface area (Å²) in [6.45, 7) is 6.16. The fourth-order valence-electron chi connectivity index (χ4n) is 1.81. The molecule has 2 N–H and O–H groups in total. The summed E-state index contributed by atoms with van der Waals surface area (Å²) in [6.07, 6.45) is 1.08. The van der Waals surface area contributed by atoms with Crippen LogP contribution in [0.2, 0.25) is 0 Å². The van der Waals surface area contributed by atoms with Crippen LogP contribution >= 0.6 is 0 Å². The molecule has 0 fully saturated rings. The third-order valence-corrected chi connectivity index (χ3v) is 2.91. The molecule has 116 valence electrons. The molecule has 0 bridgehead atoms. The van der Waals surface area contributed by atoms with Crippen LogP contribution in [0.1, 0.15) is 35.7 Å². The highest BCUT2D eigenvalue weighted by atomic mass is 16.5. The van der Waals surface area contributed by atoms with Gasteiger partial charge in [-0.1, -0.05) is 17.7 Å². The molecule has 0 aromatic heterocycles. The van der Waals surface area contributed by atoms with Crippen molar-refractivity contribution in [2.75, 3.05) is 26.3 Å². The maximum absolute atomic E-state index is 11.9. The zero-order valence-corrected chi connectivity index (χ0v) is 12.8. The SMILES string of the molecule is CCOCCCNC(=O)CCNC(=O)c1cccc(C)c1. The maximum Gasteiger partial charge on any atom is 0.251 e. The molecule has 2 amide bonds. The quantitative estimate of drug-likeness (QED) is 0.680. The maximum atomic E-state index is 11.9. The second-order valence-electron chi connectivity index (χ2n) is 4.78. The summed E-state index contributed by atoms with van der Waals surface area (Å²) in [5, 5.41) is 5.54. The molecule has 5 nitrogen and oxygen atoms in total. The number of hydrogen-bond donors (Lipinski definition) is 2. The van der Waals surface area contributed by atoms with E-state index in [0.29, 0.717) is 31.9 Å². The molecule has 21 heavy (non-hydrogen) atoms. The van der Waals surface area contributed by atoms with Crippen LogP contribution in [0.25, 0.3) is 0 Å². The van der Waals surface area contributed by atoms with Gasteiger partial charge in [-0.2, -0.15) is 0 Å². The van der Waals surface area contributed by atoms with E-state index >= 15 is 0 Å². The molecule has 0 heterocycles. The van der Waals surface area contributed by atoms with E-state index in [1.54, 1.807) is 6.07 Å². The second kappa shape index (κ2) is 9.94. The Balaban J connectivity index is 2.15. The average Bonchev–Trinajstić information content (AvgIpc) is 2.47. The standard InChI is InChI=1S/C16H24N2O3/c1-3-21-11-5-9-17-15(19)8-10-18-16(20)14-7-4-6-13(2)12-14/h4,6-7,12H,3,5,8-11H2,1-2H3,(H,17,19)(H,18,20). The van der Waals surface area contributed by atoms with Gasteiger partial charge in [0.15, 0.2) is 0 Å². The zero-order chi connectivity index (χ0) is 15.5. The third kappa shape index (κ3) is 7.46. The van der Waals surface area contributed by atoms with Gasteiger partial charge >= 0.3 is 0 Å². The van der Waals surface area contributed by atoms with Gasteiger partial charge in [-0.15, -0.1) is 0 Å². The van der Waals surface area contributed by atoms with Crippen molar-refractivity contribution in [1.82, 2.24) is 10.6 Å². The summed E-state index contributed by atoms with van der Waals surface area (Å²) >= 11 is 0. The van der Waals surface area contributed by atoms with Gasteiger partial charge in [0.25, 0.3) is 5.91 Å². The van der Waals surface area contributed by atoms with Crippen LogP contribution in [0, 0.1) is 6.92 Å². The van der Waals surface area contributed by atoms with Gasteiger partial charge in [0, 0.05) is 38.3 Å². The topological polar surface area (TPSA) is 67.4 Å². The zero-order valence-electron chi connectivity index (χ0n) is 12.8. The lowest BCUT2D eigenvalue weighted by Crippen LogP contribution is -2.31. The largest absolute Gasteiger partial charge is 0.382 e. The average molecular weight is 292 g/mol. The lowest BCUT2D eigenvalue weighted by atomic mass is 10.1. The number of aryl methyl sites for hydroxylation is 1. The number of benzene rings is 1. The Kier molecular flexibility index (Phi) is 8.12. The Morgan fingerprint density at radius 1 is 1.19 bits per heavy atom. The molecule has 0 aliphatic carbocycles. The van der Waals surface area contributed by atoms with E-state index in [2.05, 4.69) is 10.6 Å². The van der Waals surface area contributed by atoms with Gasteiger partial charge in [-0.05, 0) is 32.4 Å². The molecular formula is C16H24N2O3. The van der Waals surface area contributed by atoms with E-state index in [1.807, 2.05) is 32.0 Å². The minimum atomic E-state index is -0.150. The first kappa shape index (κ1) is 17.2. The van der Waals surface area contributed by atoms with Gasteiger partial charge in [-0.25, -0.2) is 0 Å². The molecule has 1 aromatic carbocycles. The van der Waals surface area contributed by atoms with Crippen LogP contribution in [-0.4, -0.2) is 38.1 Å². The number of rotatable bonds is 9. The Morgan fingerprint density at radius 3 is 2.71 bits per heavy atom. The second-order valence-corrected chi connectivity index (χ2v) is 4.78. The van der Waals surface area contributed by atoms with Crippen LogP contribution < -0.4 is 10.6 Å². The van der Waals surface area contributed by atoms with Crippen LogP contribution in [0.4, 0.5) is 0 Å². The number of ether oxygens (including phenoxy) is 1. The molecule has 0 unspecified atom stereocenters. The molecular weight excluding hydrogens is 268 g/mol.